The lowest BCUT2D eigenvalue weighted by atomic mass is 9.65. The van der Waals surface area contributed by atoms with Crippen molar-refractivity contribution in [1.82, 2.24) is 5.32 Å². The van der Waals surface area contributed by atoms with E-state index in [-0.39, 0.29) is 17.1 Å². The zero-order valence-electron chi connectivity index (χ0n) is 10.4. The highest BCUT2D eigenvalue weighted by atomic mass is 19.1. The molecule has 2 atom stereocenters. The molecule has 3 N–H and O–H groups in total. The number of nitrogens with one attached hydrogen (secondary N) is 2. The van der Waals surface area contributed by atoms with Gasteiger partial charge in [0.2, 0.25) is 0 Å². The number of hydrogen-bond acceptors (Lipinski definition) is 2. The molecule has 5 heteroatoms. The molecule has 0 heterocycles. The summed E-state index contributed by atoms with van der Waals surface area (Å²) in [6.07, 6.45) is 0.119. The molecule has 0 bridgehead atoms. The Hall–Kier alpha value is -1.62. The number of halogens is 1. The van der Waals surface area contributed by atoms with Crippen LogP contribution in [-0.2, 0) is 0 Å². The average molecular weight is 252 g/mol. The SMILES string of the molecule is CC1(C)C(O)CC1NC(=O)Nc1ccccc1F. The molecular weight excluding hydrogens is 235 g/mol. The number of aliphatic hydroxyl groups is 1. The number of aliphatic hydroxyl groups excluding tert-OH is 1. The number of anilines is 1. The average Bonchev–Trinajstić information content (AvgIpc) is 2.32. The number of rotatable bonds is 2. The zero-order chi connectivity index (χ0) is 13.3. The Bertz CT molecular complexity index is 462. The first-order valence-electron chi connectivity index (χ1n) is 5.91. The van der Waals surface area contributed by atoms with Gasteiger partial charge in [-0.25, -0.2) is 9.18 Å². The van der Waals surface area contributed by atoms with E-state index in [1.54, 1.807) is 12.1 Å². The number of carbonyl (C=O) groups excluding carboxylic acids is 1. The number of carbonyl (C=O) groups is 1. The molecule has 1 fully saturated rings. The minimum absolute atomic E-state index is 0.0979. The van der Waals surface area contributed by atoms with Gasteiger partial charge in [-0.3, -0.25) is 0 Å². The number of benzene rings is 1. The predicted molar refractivity (Wildman–Crippen MR) is 66.7 cm³/mol. The van der Waals surface area contributed by atoms with Crippen LogP contribution in [0.1, 0.15) is 20.3 Å². The highest BCUT2D eigenvalue weighted by Gasteiger charge is 2.47. The highest BCUT2D eigenvalue weighted by Crippen LogP contribution is 2.40. The molecule has 1 aliphatic carbocycles. The van der Waals surface area contributed by atoms with Crippen LogP contribution in [-0.4, -0.2) is 23.3 Å². The first-order valence-corrected chi connectivity index (χ1v) is 5.91. The number of para-hydroxylation sites is 1. The summed E-state index contributed by atoms with van der Waals surface area (Å²) in [5.41, 5.74) is -0.195. The lowest BCUT2D eigenvalue weighted by molar-refractivity contribution is -0.0673. The van der Waals surface area contributed by atoms with Crippen LogP contribution in [0.15, 0.2) is 24.3 Å². The quantitative estimate of drug-likeness (QED) is 0.755. The van der Waals surface area contributed by atoms with Gasteiger partial charge < -0.3 is 15.7 Å². The minimum atomic E-state index is -0.472. The van der Waals surface area contributed by atoms with Crippen molar-refractivity contribution in [3.05, 3.63) is 30.1 Å². The molecule has 1 aromatic carbocycles. The smallest absolute Gasteiger partial charge is 0.319 e. The molecule has 18 heavy (non-hydrogen) atoms. The molecule has 1 aromatic rings. The lowest BCUT2D eigenvalue weighted by Gasteiger charge is -2.49. The molecule has 0 radical (unpaired) electrons. The van der Waals surface area contributed by atoms with Crippen LogP contribution in [0.3, 0.4) is 0 Å². The van der Waals surface area contributed by atoms with Crippen molar-refractivity contribution in [1.29, 1.82) is 0 Å². The van der Waals surface area contributed by atoms with Crippen LogP contribution >= 0.6 is 0 Å². The molecule has 98 valence electrons. The molecule has 2 amide bonds. The Morgan fingerprint density at radius 2 is 2.11 bits per heavy atom. The summed E-state index contributed by atoms with van der Waals surface area (Å²) in [5.74, 6) is -0.472. The molecule has 0 aromatic heterocycles. The van der Waals surface area contributed by atoms with E-state index in [1.807, 2.05) is 13.8 Å². The van der Waals surface area contributed by atoms with Crippen LogP contribution in [0.25, 0.3) is 0 Å². The zero-order valence-corrected chi connectivity index (χ0v) is 10.4. The normalized spacial score (nSPS) is 25.1. The maximum atomic E-state index is 13.3. The summed E-state index contributed by atoms with van der Waals surface area (Å²) >= 11 is 0. The fraction of sp³-hybridized carbons (Fsp3) is 0.462. The Kier molecular flexibility index (Phi) is 3.26. The van der Waals surface area contributed by atoms with Crippen LogP contribution in [0, 0.1) is 11.2 Å². The number of amides is 2. The molecular formula is C13H17FN2O2. The van der Waals surface area contributed by atoms with E-state index in [4.69, 9.17) is 0 Å². The van der Waals surface area contributed by atoms with Crippen LogP contribution in [0.2, 0.25) is 0 Å². The summed E-state index contributed by atoms with van der Waals surface area (Å²) < 4.78 is 13.3. The van der Waals surface area contributed by atoms with E-state index in [1.165, 1.54) is 12.1 Å². The van der Waals surface area contributed by atoms with Crippen LogP contribution in [0.4, 0.5) is 14.9 Å². The third kappa shape index (κ3) is 2.31. The summed E-state index contributed by atoms with van der Waals surface area (Å²) in [5, 5.41) is 14.8. The molecule has 1 aliphatic rings. The third-order valence-corrected chi connectivity index (χ3v) is 3.64. The predicted octanol–water partition coefficient (Wildman–Crippen LogP) is 2.11. The van der Waals surface area contributed by atoms with Gasteiger partial charge in [0.1, 0.15) is 5.82 Å². The van der Waals surface area contributed by atoms with E-state index in [0.29, 0.717) is 6.42 Å². The van der Waals surface area contributed by atoms with Crippen molar-refractivity contribution in [2.45, 2.75) is 32.4 Å². The first-order chi connectivity index (χ1) is 8.41. The molecule has 2 rings (SSSR count). The second kappa shape index (κ2) is 4.57. The molecule has 1 saturated carbocycles. The number of hydrogen-bond donors (Lipinski definition) is 3. The van der Waals surface area contributed by atoms with Crippen molar-refractivity contribution in [2.24, 2.45) is 5.41 Å². The third-order valence-electron chi connectivity index (χ3n) is 3.64. The topological polar surface area (TPSA) is 61.4 Å². The largest absolute Gasteiger partial charge is 0.392 e. The van der Waals surface area contributed by atoms with Gasteiger partial charge in [-0.15, -0.1) is 0 Å². The Morgan fingerprint density at radius 3 is 2.67 bits per heavy atom. The molecule has 0 saturated heterocycles. The highest BCUT2D eigenvalue weighted by molar-refractivity contribution is 5.89. The standard InChI is InChI=1S/C13H17FN2O2/c1-13(2)10(7-11(13)17)16-12(18)15-9-6-4-3-5-8(9)14/h3-6,10-11,17H,7H2,1-2H3,(H2,15,16,18). The van der Waals surface area contributed by atoms with E-state index in [9.17, 15) is 14.3 Å². The van der Waals surface area contributed by atoms with Crippen molar-refractivity contribution in [3.63, 3.8) is 0 Å². The minimum Gasteiger partial charge on any atom is -0.392 e. The van der Waals surface area contributed by atoms with Crippen LogP contribution < -0.4 is 10.6 Å². The van der Waals surface area contributed by atoms with Crippen molar-refractivity contribution >= 4 is 11.7 Å². The van der Waals surface area contributed by atoms with E-state index in [2.05, 4.69) is 10.6 Å². The van der Waals surface area contributed by atoms with E-state index < -0.39 is 18.0 Å². The van der Waals surface area contributed by atoms with Gasteiger partial charge >= 0.3 is 6.03 Å². The van der Waals surface area contributed by atoms with Crippen molar-refractivity contribution < 1.29 is 14.3 Å². The molecule has 2 unspecified atom stereocenters. The van der Waals surface area contributed by atoms with Gasteiger partial charge in [-0.1, -0.05) is 26.0 Å². The van der Waals surface area contributed by atoms with Gasteiger partial charge in [0, 0.05) is 11.5 Å². The van der Waals surface area contributed by atoms with E-state index >= 15 is 0 Å². The number of urea groups is 1. The van der Waals surface area contributed by atoms with Gasteiger partial charge in [0.15, 0.2) is 0 Å². The van der Waals surface area contributed by atoms with Gasteiger partial charge in [0.05, 0.1) is 11.8 Å². The first kappa shape index (κ1) is 12.8. The van der Waals surface area contributed by atoms with Gasteiger partial charge in [0.25, 0.3) is 0 Å². The Morgan fingerprint density at radius 1 is 1.44 bits per heavy atom. The van der Waals surface area contributed by atoms with E-state index in [0.717, 1.165) is 0 Å². The maximum absolute atomic E-state index is 13.3. The summed E-state index contributed by atoms with van der Waals surface area (Å²) in [7, 11) is 0. The lowest BCUT2D eigenvalue weighted by Crippen LogP contribution is -2.61. The van der Waals surface area contributed by atoms with Crippen LogP contribution in [0.5, 0.6) is 0 Å². The fourth-order valence-electron chi connectivity index (χ4n) is 2.03. The molecule has 0 spiro atoms. The van der Waals surface area contributed by atoms with Gasteiger partial charge in [-0.05, 0) is 18.6 Å². The maximum Gasteiger partial charge on any atom is 0.319 e. The second-order valence-electron chi connectivity index (χ2n) is 5.20. The monoisotopic (exact) mass is 252 g/mol. The Balaban J connectivity index is 1.93. The molecule has 4 nitrogen and oxygen atoms in total. The molecule has 0 aliphatic heterocycles. The Labute approximate surface area is 105 Å². The fourth-order valence-corrected chi connectivity index (χ4v) is 2.03. The second-order valence-corrected chi connectivity index (χ2v) is 5.20. The van der Waals surface area contributed by atoms with Crippen molar-refractivity contribution in [3.8, 4) is 0 Å². The van der Waals surface area contributed by atoms with Crippen molar-refractivity contribution in [2.75, 3.05) is 5.32 Å². The summed E-state index contributed by atoms with van der Waals surface area (Å²) in [6, 6.07) is 5.44. The summed E-state index contributed by atoms with van der Waals surface area (Å²) in [4.78, 5) is 11.7. The summed E-state index contributed by atoms with van der Waals surface area (Å²) in [6.45, 7) is 3.77. The van der Waals surface area contributed by atoms with Gasteiger partial charge in [-0.2, -0.15) is 0 Å².